The molecule has 0 atom stereocenters. The number of rotatable bonds is 7. The summed E-state index contributed by atoms with van der Waals surface area (Å²) in [4.78, 5) is 12.5. The lowest BCUT2D eigenvalue weighted by atomic mass is 9.87. The predicted molar refractivity (Wildman–Crippen MR) is 148 cm³/mol. The Morgan fingerprint density at radius 1 is 1.00 bits per heavy atom. The number of hydrazone groups is 1. The molecule has 1 aromatic heterocycles. The summed E-state index contributed by atoms with van der Waals surface area (Å²) < 4.78 is 1.96. The van der Waals surface area contributed by atoms with Crippen molar-refractivity contribution in [2.75, 3.05) is 5.75 Å². The molecule has 0 fully saturated rings. The van der Waals surface area contributed by atoms with Gasteiger partial charge in [0.1, 0.15) is 0 Å². The maximum atomic E-state index is 12.5. The van der Waals surface area contributed by atoms with E-state index in [4.69, 9.17) is 23.2 Å². The number of hydrogen-bond donors (Lipinski definition) is 1. The van der Waals surface area contributed by atoms with Gasteiger partial charge in [0.2, 0.25) is 0 Å². The van der Waals surface area contributed by atoms with Gasteiger partial charge in [0, 0.05) is 16.8 Å². The van der Waals surface area contributed by atoms with E-state index in [0.717, 1.165) is 11.3 Å². The predicted octanol–water partition coefficient (Wildman–Crippen LogP) is 6.78. The third-order valence-electron chi connectivity index (χ3n) is 5.36. The number of amides is 1. The van der Waals surface area contributed by atoms with Gasteiger partial charge in [0.25, 0.3) is 5.91 Å². The first-order valence-corrected chi connectivity index (χ1v) is 13.0. The van der Waals surface area contributed by atoms with Crippen LogP contribution in [-0.4, -0.2) is 32.6 Å². The summed E-state index contributed by atoms with van der Waals surface area (Å²) in [5, 5.41) is 14.2. The molecule has 36 heavy (non-hydrogen) atoms. The Balaban J connectivity index is 1.52. The lowest BCUT2D eigenvalue weighted by Gasteiger charge is -2.19. The van der Waals surface area contributed by atoms with Gasteiger partial charge in [-0.3, -0.25) is 9.36 Å². The van der Waals surface area contributed by atoms with Crippen molar-refractivity contribution in [1.82, 2.24) is 20.2 Å². The summed E-state index contributed by atoms with van der Waals surface area (Å²) in [5.41, 5.74) is 6.28. The van der Waals surface area contributed by atoms with Crippen LogP contribution in [-0.2, 0) is 10.2 Å². The van der Waals surface area contributed by atoms with Crippen LogP contribution in [0.1, 0.15) is 31.9 Å². The van der Waals surface area contributed by atoms with E-state index < -0.39 is 0 Å². The number of nitrogens with zero attached hydrogens (tertiary/aromatic N) is 4. The van der Waals surface area contributed by atoms with Gasteiger partial charge in [-0.05, 0) is 29.2 Å². The van der Waals surface area contributed by atoms with Crippen LogP contribution in [0.15, 0.2) is 83.1 Å². The minimum atomic E-state index is -0.284. The van der Waals surface area contributed by atoms with E-state index in [1.54, 1.807) is 18.2 Å². The smallest absolute Gasteiger partial charge is 0.250 e. The molecule has 0 saturated carbocycles. The second kappa shape index (κ2) is 11.3. The highest BCUT2D eigenvalue weighted by atomic mass is 35.5. The number of benzene rings is 3. The number of hydrogen-bond acceptors (Lipinski definition) is 5. The largest absolute Gasteiger partial charge is 0.272 e. The Labute approximate surface area is 224 Å². The molecule has 184 valence electrons. The maximum absolute atomic E-state index is 12.5. The molecular weight excluding hydrogens is 513 g/mol. The minimum Gasteiger partial charge on any atom is -0.272 e. The molecule has 0 aliphatic heterocycles. The minimum absolute atomic E-state index is 0.0561. The topological polar surface area (TPSA) is 72.2 Å². The van der Waals surface area contributed by atoms with Crippen molar-refractivity contribution in [3.05, 3.63) is 94.0 Å². The molecule has 1 N–H and O–H groups in total. The molecule has 0 aliphatic carbocycles. The molecule has 4 rings (SSSR count). The average Bonchev–Trinajstić information content (AvgIpc) is 3.29. The van der Waals surface area contributed by atoms with Crippen LogP contribution < -0.4 is 5.43 Å². The van der Waals surface area contributed by atoms with E-state index in [1.807, 2.05) is 34.9 Å². The standard InChI is InChI=1S/C27H25Cl2N5OS/c1-27(2,3)20-14-12-18(13-15-20)25-32-33-26(34(25)21-9-5-4-6-10-21)36-17-23(35)31-30-16-19-8-7-11-22(28)24(19)29/h4-16H,17H2,1-3H3,(H,31,35). The summed E-state index contributed by atoms with van der Waals surface area (Å²) in [6.07, 6.45) is 1.46. The zero-order valence-corrected chi connectivity index (χ0v) is 22.4. The molecule has 0 aliphatic rings. The summed E-state index contributed by atoms with van der Waals surface area (Å²) in [6.45, 7) is 6.55. The first kappa shape index (κ1) is 25.9. The number of halogens is 2. The zero-order valence-electron chi connectivity index (χ0n) is 20.1. The zero-order chi connectivity index (χ0) is 25.7. The number of aromatic nitrogens is 3. The van der Waals surface area contributed by atoms with Gasteiger partial charge in [0.15, 0.2) is 11.0 Å². The van der Waals surface area contributed by atoms with Crippen LogP contribution >= 0.6 is 35.0 Å². The fourth-order valence-corrected chi connectivity index (χ4v) is 4.54. The molecule has 9 heteroatoms. The van der Waals surface area contributed by atoms with Crippen molar-refractivity contribution >= 4 is 47.1 Å². The van der Waals surface area contributed by atoms with E-state index in [-0.39, 0.29) is 17.1 Å². The molecule has 0 saturated heterocycles. The Bertz CT molecular complexity index is 1380. The van der Waals surface area contributed by atoms with Crippen molar-refractivity contribution in [2.24, 2.45) is 5.10 Å². The number of carbonyl (C=O) groups excluding carboxylic acids is 1. The van der Waals surface area contributed by atoms with E-state index in [0.29, 0.717) is 26.6 Å². The van der Waals surface area contributed by atoms with Gasteiger partial charge in [-0.1, -0.05) is 110 Å². The Morgan fingerprint density at radius 2 is 1.72 bits per heavy atom. The normalized spacial score (nSPS) is 11.7. The highest BCUT2D eigenvalue weighted by molar-refractivity contribution is 7.99. The van der Waals surface area contributed by atoms with Crippen LogP contribution in [0.3, 0.4) is 0 Å². The molecule has 1 heterocycles. The van der Waals surface area contributed by atoms with Gasteiger partial charge in [0.05, 0.1) is 22.0 Å². The second-order valence-electron chi connectivity index (χ2n) is 9.03. The SMILES string of the molecule is CC(C)(C)c1ccc(-c2nnc(SCC(=O)NN=Cc3cccc(Cl)c3Cl)n2-c2ccccc2)cc1. The molecular formula is C27H25Cl2N5OS. The third-order valence-corrected chi connectivity index (χ3v) is 7.13. The molecule has 0 unspecified atom stereocenters. The summed E-state index contributed by atoms with van der Waals surface area (Å²) in [5.74, 6) is 0.528. The van der Waals surface area contributed by atoms with Crippen molar-refractivity contribution in [2.45, 2.75) is 31.3 Å². The lowest BCUT2D eigenvalue weighted by Crippen LogP contribution is -2.20. The Morgan fingerprint density at radius 3 is 2.42 bits per heavy atom. The van der Waals surface area contributed by atoms with Crippen LogP contribution in [0.5, 0.6) is 0 Å². The van der Waals surface area contributed by atoms with Crippen molar-refractivity contribution < 1.29 is 4.79 Å². The quantitative estimate of drug-likeness (QED) is 0.160. The van der Waals surface area contributed by atoms with Crippen molar-refractivity contribution in [1.29, 1.82) is 0 Å². The Kier molecular flexibility index (Phi) is 8.14. The molecule has 3 aromatic carbocycles. The lowest BCUT2D eigenvalue weighted by molar-refractivity contribution is -0.118. The van der Waals surface area contributed by atoms with Gasteiger partial charge in [-0.2, -0.15) is 5.10 Å². The highest BCUT2D eigenvalue weighted by Crippen LogP contribution is 2.30. The van der Waals surface area contributed by atoms with Gasteiger partial charge in [-0.25, -0.2) is 5.43 Å². The van der Waals surface area contributed by atoms with Crippen LogP contribution in [0.25, 0.3) is 17.1 Å². The molecule has 0 spiro atoms. The first-order valence-electron chi connectivity index (χ1n) is 11.2. The molecule has 1 amide bonds. The van der Waals surface area contributed by atoms with E-state index in [9.17, 15) is 4.79 Å². The van der Waals surface area contributed by atoms with Crippen molar-refractivity contribution in [3.8, 4) is 17.1 Å². The van der Waals surface area contributed by atoms with Gasteiger partial charge < -0.3 is 0 Å². The highest BCUT2D eigenvalue weighted by Gasteiger charge is 2.19. The summed E-state index contributed by atoms with van der Waals surface area (Å²) in [6, 6.07) is 23.4. The van der Waals surface area contributed by atoms with E-state index >= 15 is 0 Å². The third kappa shape index (κ3) is 6.16. The molecule has 0 bridgehead atoms. The summed E-state index contributed by atoms with van der Waals surface area (Å²) >= 11 is 13.4. The van der Waals surface area contributed by atoms with Crippen LogP contribution in [0, 0.1) is 0 Å². The Hall–Kier alpha value is -3.13. The number of carbonyl (C=O) groups is 1. The fraction of sp³-hybridized carbons (Fsp3) is 0.185. The van der Waals surface area contributed by atoms with Crippen molar-refractivity contribution in [3.63, 3.8) is 0 Å². The summed E-state index contributed by atoms with van der Waals surface area (Å²) in [7, 11) is 0. The van der Waals surface area contributed by atoms with Gasteiger partial charge in [-0.15, -0.1) is 10.2 Å². The second-order valence-corrected chi connectivity index (χ2v) is 10.8. The fourth-order valence-electron chi connectivity index (χ4n) is 3.44. The van der Waals surface area contributed by atoms with E-state index in [2.05, 4.69) is 65.8 Å². The maximum Gasteiger partial charge on any atom is 0.250 e. The first-order chi connectivity index (χ1) is 17.2. The number of para-hydroxylation sites is 1. The van der Waals surface area contributed by atoms with Gasteiger partial charge >= 0.3 is 0 Å². The number of thioether (sulfide) groups is 1. The number of nitrogens with one attached hydrogen (secondary N) is 1. The molecule has 6 nitrogen and oxygen atoms in total. The molecule has 4 aromatic rings. The monoisotopic (exact) mass is 537 g/mol. The average molecular weight is 539 g/mol. The van der Waals surface area contributed by atoms with Crippen LogP contribution in [0.2, 0.25) is 10.0 Å². The van der Waals surface area contributed by atoms with Crippen LogP contribution in [0.4, 0.5) is 0 Å². The van der Waals surface area contributed by atoms with E-state index in [1.165, 1.54) is 23.5 Å². The molecule has 0 radical (unpaired) electrons.